The van der Waals surface area contributed by atoms with Crippen molar-refractivity contribution in [1.82, 2.24) is 15.1 Å². The maximum Gasteiger partial charge on any atom is 0.325 e. The fourth-order valence-electron chi connectivity index (χ4n) is 4.81. The molecule has 1 N–H and O–H groups in total. The van der Waals surface area contributed by atoms with Gasteiger partial charge in [0.25, 0.3) is 5.91 Å². The number of nitrogens with zero attached hydrogens (tertiary/aromatic N) is 2. The molecule has 4 rings (SSSR count). The molecule has 0 radical (unpaired) electrons. The van der Waals surface area contributed by atoms with Gasteiger partial charge in [0.2, 0.25) is 5.91 Å². The highest BCUT2D eigenvalue weighted by Crippen LogP contribution is 2.41. The van der Waals surface area contributed by atoms with Crippen molar-refractivity contribution in [3.63, 3.8) is 0 Å². The minimum absolute atomic E-state index is 0.133. The van der Waals surface area contributed by atoms with Gasteiger partial charge in [0.05, 0.1) is 0 Å². The number of benzene rings is 1. The fraction of sp³-hybridized carbons (Fsp3) is 0.550. The summed E-state index contributed by atoms with van der Waals surface area (Å²) in [5.74, 6) is -0.422. The molecule has 1 heterocycles. The summed E-state index contributed by atoms with van der Waals surface area (Å²) < 4.78 is 0. The minimum Gasteiger partial charge on any atom is -0.338 e. The van der Waals surface area contributed by atoms with E-state index in [0.29, 0.717) is 13.0 Å². The Balaban J connectivity index is 1.54. The van der Waals surface area contributed by atoms with Crippen LogP contribution < -0.4 is 5.32 Å². The summed E-state index contributed by atoms with van der Waals surface area (Å²) in [6, 6.07) is 7.52. The molecular weight excluding hydrogens is 330 g/mol. The van der Waals surface area contributed by atoms with Gasteiger partial charge in [0.1, 0.15) is 12.1 Å². The van der Waals surface area contributed by atoms with Crippen molar-refractivity contribution in [3.05, 3.63) is 35.4 Å². The normalized spacial score (nSPS) is 25.0. The van der Waals surface area contributed by atoms with Crippen molar-refractivity contribution < 1.29 is 14.4 Å². The third kappa shape index (κ3) is 2.50. The van der Waals surface area contributed by atoms with E-state index in [1.54, 1.807) is 0 Å². The topological polar surface area (TPSA) is 69.7 Å². The third-order valence-electron chi connectivity index (χ3n) is 6.14. The monoisotopic (exact) mass is 355 g/mol. The molecule has 1 unspecified atom stereocenters. The molecular formula is C20H25N3O3. The Morgan fingerprint density at radius 1 is 1.27 bits per heavy atom. The van der Waals surface area contributed by atoms with E-state index in [9.17, 15) is 14.4 Å². The highest BCUT2D eigenvalue weighted by atomic mass is 16.2. The van der Waals surface area contributed by atoms with E-state index in [4.69, 9.17) is 0 Å². The van der Waals surface area contributed by atoms with Crippen molar-refractivity contribution in [2.24, 2.45) is 0 Å². The van der Waals surface area contributed by atoms with Crippen LogP contribution in [-0.2, 0) is 21.5 Å². The quantitative estimate of drug-likeness (QED) is 0.842. The van der Waals surface area contributed by atoms with Gasteiger partial charge in [0, 0.05) is 12.6 Å². The third-order valence-corrected chi connectivity index (χ3v) is 6.14. The van der Waals surface area contributed by atoms with Crippen molar-refractivity contribution in [2.75, 3.05) is 13.1 Å². The lowest BCUT2D eigenvalue weighted by Crippen LogP contribution is -2.47. The number of imide groups is 1. The zero-order valence-electron chi connectivity index (χ0n) is 15.2. The lowest BCUT2D eigenvalue weighted by atomic mass is 9.92. The minimum atomic E-state index is -0.988. The van der Waals surface area contributed by atoms with E-state index in [1.807, 2.05) is 36.1 Å². The first-order valence-corrected chi connectivity index (χ1v) is 9.59. The first-order chi connectivity index (χ1) is 12.6. The Kier molecular flexibility index (Phi) is 4.21. The number of hydrogen-bond acceptors (Lipinski definition) is 3. The Bertz CT molecular complexity index is 756. The fourth-order valence-corrected chi connectivity index (χ4v) is 4.81. The molecule has 1 aromatic rings. The highest BCUT2D eigenvalue weighted by molar-refractivity contribution is 6.09. The van der Waals surface area contributed by atoms with Gasteiger partial charge in [-0.15, -0.1) is 0 Å². The molecule has 3 aliphatic rings. The molecule has 4 amide bonds. The van der Waals surface area contributed by atoms with Crippen LogP contribution >= 0.6 is 0 Å². The van der Waals surface area contributed by atoms with Crippen LogP contribution in [0.2, 0.25) is 0 Å². The van der Waals surface area contributed by atoms with Crippen LogP contribution in [0.4, 0.5) is 4.79 Å². The van der Waals surface area contributed by atoms with Crippen LogP contribution in [-0.4, -0.2) is 46.8 Å². The predicted octanol–water partition coefficient (Wildman–Crippen LogP) is 2.17. The smallest absolute Gasteiger partial charge is 0.325 e. The molecule has 1 aromatic carbocycles. The van der Waals surface area contributed by atoms with E-state index in [-0.39, 0.29) is 24.4 Å². The standard InChI is InChI=1S/C20H25N3O3/c1-2-22(15-8-4-5-9-15)17(24)13-23-18(25)20(21-19(23)26)12-11-14-7-3-6-10-16(14)20/h3,6-7,10,15H,2,4-5,8-9,11-13H2,1H3,(H,21,26). The molecule has 0 aromatic heterocycles. The summed E-state index contributed by atoms with van der Waals surface area (Å²) in [6.45, 7) is 2.40. The molecule has 1 spiro atoms. The molecule has 1 aliphatic heterocycles. The van der Waals surface area contributed by atoms with Gasteiger partial charge in [0.15, 0.2) is 0 Å². The molecule has 0 bridgehead atoms. The number of nitrogens with one attached hydrogen (secondary N) is 1. The number of carbonyl (C=O) groups excluding carboxylic acids is 3. The Labute approximate surface area is 153 Å². The van der Waals surface area contributed by atoms with Crippen LogP contribution in [0.1, 0.15) is 50.2 Å². The molecule has 138 valence electrons. The van der Waals surface area contributed by atoms with Crippen LogP contribution in [0.25, 0.3) is 0 Å². The molecule has 6 heteroatoms. The number of hydrogen-bond donors (Lipinski definition) is 1. The highest BCUT2D eigenvalue weighted by Gasteiger charge is 2.55. The number of urea groups is 1. The van der Waals surface area contributed by atoms with Crippen LogP contribution in [0.3, 0.4) is 0 Å². The van der Waals surface area contributed by atoms with Crippen LogP contribution in [0.15, 0.2) is 24.3 Å². The number of aryl methyl sites for hydroxylation is 1. The molecule has 1 atom stereocenters. The zero-order valence-corrected chi connectivity index (χ0v) is 15.2. The van der Waals surface area contributed by atoms with Gasteiger partial charge < -0.3 is 10.2 Å². The Morgan fingerprint density at radius 2 is 2.00 bits per heavy atom. The number of fused-ring (bicyclic) bond motifs is 2. The number of rotatable bonds is 4. The second-order valence-corrected chi connectivity index (χ2v) is 7.50. The summed E-state index contributed by atoms with van der Waals surface area (Å²) in [4.78, 5) is 41.4. The van der Waals surface area contributed by atoms with E-state index in [2.05, 4.69) is 5.32 Å². The largest absolute Gasteiger partial charge is 0.338 e. The van der Waals surface area contributed by atoms with E-state index >= 15 is 0 Å². The van der Waals surface area contributed by atoms with Crippen molar-refractivity contribution in [1.29, 1.82) is 0 Å². The average molecular weight is 355 g/mol. The first-order valence-electron chi connectivity index (χ1n) is 9.59. The summed E-state index contributed by atoms with van der Waals surface area (Å²) in [5, 5.41) is 2.88. The van der Waals surface area contributed by atoms with Gasteiger partial charge in [-0.2, -0.15) is 0 Å². The van der Waals surface area contributed by atoms with Crippen LogP contribution in [0.5, 0.6) is 0 Å². The van der Waals surface area contributed by atoms with Gasteiger partial charge in [-0.3, -0.25) is 14.5 Å². The van der Waals surface area contributed by atoms with Crippen molar-refractivity contribution in [2.45, 2.75) is 57.0 Å². The van der Waals surface area contributed by atoms with E-state index < -0.39 is 11.6 Å². The van der Waals surface area contributed by atoms with Gasteiger partial charge in [-0.05, 0) is 43.7 Å². The van der Waals surface area contributed by atoms with Gasteiger partial charge >= 0.3 is 6.03 Å². The SMILES string of the molecule is CCN(C(=O)CN1C(=O)NC2(CCc3ccccc32)C1=O)C1CCCC1. The molecule has 1 saturated heterocycles. The lowest BCUT2D eigenvalue weighted by Gasteiger charge is -2.29. The average Bonchev–Trinajstić information content (AvgIpc) is 3.34. The molecule has 1 saturated carbocycles. The van der Waals surface area contributed by atoms with E-state index in [0.717, 1.165) is 48.1 Å². The zero-order chi connectivity index (χ0) is 18.3. The second kappa shape index (κ2) is 6.41. The summed E-state index contributed by atoms with van der Waals surface area (Å²) in [5.41, 5.74) is 0.977. The summed E-state index contributed by atoms with van der Waals surface area (Å²) >= 11 is 0. The Morgan fingerprint density at radius 3 is 2.73 bits per heavy atom. The molecule has 2 aliphatic carbocycles. The maximum atomic E-state index is 13.1. The van der Waals surface area contributed by atoms with Crippen molar-refractivity contribution in [3.8, 4) is 0 Å². The maximum absolute atomic E-state index is 13.1. The lowest BCUT2D eigenvalue weighted by molar-refractivity contribution is -0.140. The molecule has 6 nitrogen and oxygen atoms in total. The number of likely N-dealkylation sites (N-methyl/N-ethyl adjacent to an activating group) is 1. The summed E-state index contributed by atoms with van der Waals surface area (Å²) in [7, 11) is 0. The molecule has 26 heavy (non-hydrogen) atoms. The number of carbonyl (C=O) groups is 3. The molecule has 2 fully saturated rings. The Hall–Kier alpha value is -2.37. The number of amides is 4. The van der Waals surface area contributed by atoms with E-state index in [1.165, 1.54) is 0 Å². The van der Waals surface area contributed by atoms with Crippen LogP contribution in [0, 0.1) is 0 Å². The first kappa shape index (κ1) is 17.1. The van der Waals surface area contributed by atoms with Gasteiger partial charge in [-0.25, -0.2) is 4.79 Å². The second-order valence-electron chi connectivity index (χ2n) is 7.50. The van der Waals surface area contributed by atoms with Gasteiger partial charge in [-0.1, -0.05) is 37.1 Å². The van der Waals surface area contributed by atoms with Crippen molar-refractivity contribution >= 4 is 17.8 Å². The summed E-state index contributed by atoms with van der Waals surface area (Å²) in [6.07, 6.45) is 5.61. The predicted molar refractivity (Wildman–Crippen MR) is 96.3 cm³/mol.